The Kier molecular flexibility index (Phi) is 9.67. The molecule has 5 rings (SSSR count). The molecule has 2 heterocycles. The van der Waals surface area contributed by atoms with Crippen LogP contribution in [-0.2, 0) is 22.6 Å². The van der Waals surface area contributed by atoms with Gasteiger partial charge in [0.15, 0.2) is 0 Å². The maximum Gasteiger partial charge on any atom is 0.127 e. The highest BCUT2D eigenvalue weighted by Gasteiger charge is 2.28. The zero-order valence-corrected chi connectivity index (χ0v) is 26.0. The zero-order chi connectivity index (χ0) is 29.7. The third-order valence-electron chi connectivity index (χ3n) is 9.51. The quantitative estimate of drug-likeness (QED) is 0.357. The van der Waals surface area contributed by atoms with E-state index in [1.165, 1.54) is 11.1 Å². The molecular weight excluding hydrogens is 528 g/mol. The maximum absolute atomic E-state index is 10.9. The first-order chi connectivity index (χ1) is 20.1. The Balaban J connectivity index is 1.32. The van der Waals surface area contributed by atoms with E-state index in [1.807, 2.05) is 26.3 Å². The van der Waals surface area contributed by atoms with Crippen molar-refractivity contribution in [3.05, 3.63) is 57.6 Å². The van der Waals surface area contributed by atoms with Crippen LogP contribution in [0.25, 0.3) is 0 Å². The van der Waals surface area contributed by atoms with Crippen molar-refractivity contribution in [3.8, 4) is 11.5 Å². The topological polar surface area (TPSA) is 83.6 Å². The first-order valence-corrected chi connectivity index (χ1v) is 15.7. The smallest absolute Gasteiger partial charge is 0.127 e. The molecule has 2 aromatic carbocycles. The minimum atomic E-state index is 0.0476. The Morgan fingerprint density at radius 3 is 1.45 bits per heavy atom. The van der Waals surface area contributed by atoms with Gasteiger partial charge in [-0.1, -0.05) is 12.8 Å². The molecule has 0 spiro atoms. The summed E-state index contributed by atoms with van der Waals surface area (Å²) in [6.45, 7) is 12.9. The summed E-state index contributed by atoms with van der Waals surface area (Å²) in [6, 6.07) is 8.48. The number of likely N-dealkylation sites (N-methyl/N-ethyl adjacent to an activating group) is 2. The van der Waals surface area contributed by atoms with Gasteiger partial charge in [0.25, 0.3) is 0 Å². The van der Waals surface area contributed by atoms with Gasteiger partial charge in [0.1, 0.15) is 50.8 Å². The van der Waals surface area contributed by atoms with Gasteiger partial charge in [-0.2, -0.15) is 0 Å². The first-order valence-electron chi connectivity index (χ1n) is 15.7. The molecule has 3 aliphatic rings. The molecule has 1 saturated carbocycles. The van der Waals surface area contributed by atoms with Crippen LogP contribution < -0.4 is 0 Å². The normalized spacial score (nSPS) is 24.4. The predicted octanol–water partition coefficient (Wildman–Crippen LogP) is 4.52. The molecule has 3 fully saturated rings. The van der Waals surface area contributed by atoms with Gasteiger partial charge in [-0.25, -0.2) is 0 Å². The van der Waals surface area contributed by atoms with Crippen LogP contribution in [0, 0.1) is 13.8 Å². The van der Waals surface area contributed by atoms with Crippen molar-refractivity contribution in [1.29, 1.82) is 0 Å². The molecule has 0 bridgehead atoms. The zero-order valence-electron chi connectivity index (χ0n) is 26.0. The summed E-state index contributed by atoms with van der Waals surface area (Å²) in [6.07, 6.45) is 7.90. The third-order valence-corrected chi connectivity index (χ3v) is 9.51. The number of morpholine rings is 2. The summed E-state index contributed by atoms with van der Waals surface area (Å²) in [5.41, 5.74) is 5.75. The number of quaternary nitrogens is 2. The van der Waals surface area contributed by atoms with Crippen LogP contribution in [0.2, 0.25) is 0 Å². The average Bonchev–Trinajstić information content (AvgIpc) is 2.96. The fraction of sp³-hybridized carbons (Fsp3) is 0.588. The van der Waals surface area contributed by atoms with E-state index in [4.69, 9.17) is 19.5 Å². The Morgan fingerprint density at radius 1 is 0.690 bits per heavy atom. The molecule has 0 aromatic heterocycles. The van der Waals surface area contributed by atoms with E-state index in [2.05, 4.69) is 38.4 Å². The molecular formula is C34H50N4O4+2. The molecule has 2 N–H and O–H groups in total. The van der Waals surface area contributed by atoms with Gasteiger partial charge in [-0.15, -0.1) is 0 Å². The number of hydrogen-bond acceptors (Lipinski definition) is 6. The molecule has 2 aliphatic heterocycles. The lowest BCUT2D eigenvalue weighted by molar-refractivity contribution is -0.929. The Hall–Kier alpha value is -2.78. The highest BCUT2D eigenvalue weighted by molar-refractivity contribution is 5.85. The molecule has 0 radical (unpaired) electrons. The van der Waals surface area contributed by atoms with Gasteiger partial charge in [0, 0.05) is 34.7 Å². The van der Waals surface area contributed by atoms with Crippen molar-refractivity contribution >= 4 is 12.4 Å². The number of aromatic hydroxyl groups is 2. The van der Waals surface area contributed by atoms with E-state index >= 15 is 0 Å². The predicted molar refractivity (Wildman–Crippen MR) is 168 cm³/mol. The number of nitrogens with zero attached hydrogens (tertiary/aromatic N) is 4. The number of phenolic OH excluding ortho intramolecular Hbond substituents is 2. The van der Waals surface area contributed by atoms with Crippen LogP contribution in [-0.4, -0.2) is 110 Å². The summed E-state index contributed by atoms with van der Waals surface area (Å²) < 4.78 is 13.0. The van der Waals surface area contributed by atoms with E-state index < -0.39 is 0 Å². The fourth-order valence-corrected chi connectivity index (χ4v) is 6.70. The second-order valence-electron chi connectivity index (χ2n) is 13.4. The van der Waals surface area contributed by atoms with Crippen molar-refractivity contribution in [2.24, 2.45) is 9.98 Å². The number of hydrogen-bond donors (Lipinski definition) is 2. The summed E-state index contributed by atoms with van der Waals surface area (Å²) in [7, 11) is 4.56. The summed E-state index contributed by atoms with van der Waals surface area (Å²) in [5.74, 6) is 0.605. The van der Waals surface area contributed by atoms with Crippen molar-refractivity contribution in [2.75, 3.05) is 66.7 Å². The highest BCUT2D eigenvalue weighted by atomic mass is 16.5. The van der Waals surface area contributed by atoms with Crippen LogP contribution >= 0.6 is 0 Å². The fourth-order valence-electron chi connectivity index (χ4n) is 6.70. The van der Waals surface area contributed by atoms with E-state index in [0.717, 1.165) is 123 Å². The number of rotatable bonds is 8. The van der Waals surface area contributed by atoms with Crippen molar-refractivity contribution in [1.82, 2.24) is 0 Å². The van der Waals surface area contributed by atoms with Crippen LogP contribution in [0.5, 0.6) is 11.5 Å². The standard InChI is InChI=1S/C34H48N4O4/c1-25-17-27(23-37(3)9-13-41-14-10-37)19-29(33(25)39)21-35-31-7-5-6-8-32(31)36-22-30-20-28(18-26(2)34(30)40)24-38(4)11-15-42-16-12-38/h17-22,31-32H,5-16,23-24H2,1-4H3/p+2/t31-,32-/m1/s1. The van der Waals surface area contributed by atoms with Crippen LogP contribution in [0.4, 0.5) is 0 Å². The van der Waals surface area contributed by atoms with Crippen LogP contribution in [0.3, 0.4) is 0 Å². The Morgan fingerprint density at radius 2 is 1.07 bits per heavy atom. The lowest BCUT2D eigenvalue weighted by Crippen LogP contribution is -2.51. The molecule has 0 unspecified atom stereocenters. The van der Waals surface area contributed by atoms with Gasteiger partial charge in [0.2, 0.25) is 0 Å². The molecule has 2 saturated heterocycles. The van der Waals surface area contributed by atoms with E-state index in [9.17, 15) is 10.2 Å². The van der Waals surface area contributed by atoms with Crippen molar-refractivity contribution < 1.29 is 28.7 Å². The van der Waals surface area contributed by atoms with Gasteiger partial charge < -0.3 is 28.7 Å². The highest BCUT2D eigenvalue weighted by Crippen LogP contribution is 2.29. The van der Waals surface area contributed by atoms with Gasteiger partial charge >= 0.3 is 0 Å². The van der Waals surface area contributed by atoms with Crippen LogP contribution in [0.1, 0.15) is 59.1 Å². The average molecular weight is 579 g/mol. The molecule has 2 atom stereocenters. The number of ether oxygens (including phenoxy) is 2. The van der Waals surface area contributed by atoms with Gasteiger partial charge in [-0.05, 0) is 62.1 Å². The molecule has 0 amide bonds. The lowest BCUT2D eigenvalue weighted by atomic mass is 9.91. The third kappa shape index (κ3) is 7.59. The second-order valence-corrected chi connectivity index (χ2v) is 13.4. The van der Waals surface area contributed by atoms with Gasteiger partial charge in [-0.3, -0.25) is 9.98 Å². The SMILES string of the molecule is Cc1cc(C[N+]2(C)CCOCC2)cc(C=N[C@@H]2CCCC[C@H]2N=Cc2cc(C[N+]3(C)CCOCC3)cc(C)c2O)c1O. The van der Waals surface area contributed by atoms with Crippen molar-refractivity contribution in [3.63, 3.8) is 0 Å². The minimum Gasteiger partial charge on any atom is -0.507 e. The molecule has 42 heavy (non-hydrogen) atoms. The second kappa shape index (κ2) is 13.2. The molecule has 228 valence electrons. The number of aliphatic imine (C=N–C) groups is 2. The number of phenols is 2. The first kappa shape index (κ1) is 30.7. The van der Waals surface area contributed by atoms with E-state index in [1.54, 1.807) is 0 Å². The van der Waals surface area contributed by atoms with E-state index in [-0.39, 0.29) is 12.1 Å². The monoisotopic (exact) mass is 578 g/mol. The van der Waals surface area contributed by atoms with Crippen LogP contribution in [0.15, 0.2) is 34.3 Å². The largest absolute Gasteiger partial charge is 0.507 e. The molecule has 1 aliphatic carbocycles. The Bertz CT molecular complexity index is 1200. The summed E-state index contributed by atoms with van der Waals surface area (Å²) >= 11 is 0. The number of benzene rings is 2. The maximum atomic E-state index is 10.9. The molecule has 8 nitrogen and oxygen atoms in total. The summed E-state index contributed by atoms with van der Waals surface area (Å²) in [4.78, 5) is 10.00. The van der Waals surface area contributed by atoms with Gasteiger partial charge in [0.05, 0.1) is 52.6 Å². The lowest BCUT2D eigenvalue weighted by Gasteiger charge is -2.37. The number of aryl methyl sites for hydroxylation is 2. The Labute approximate surface area is 251 Å². The summed E-state index contributed by atoms with van der Waals surface area (Å²) in [5, 5.41) is 21.8. The van der Waals surface area contributed by atoms with E-state index in [0.29, 0.717) is 11.5 Å². The molecule has 8 heteroatoms. The minimum absolute atomic E-state index is 0.0476. The van der Waals surface area contributed by atoms with Crippen molar-refractivity contribution in [2.45, 2.75) is 64.7 Å². The molecule has 2 aromatic rings.